The number of hydrogen-bond donors (Lipinski definition) is 0. The van der Waals surface area contributed by atoms with Crippen LogP contribution < -0.4 is 0 Å². The summed E-state index contributed by atoms with van der Waals surface area (Å²) in [7, 11) is 0. The molecule has 1 nitrogen and oxygen atoms in total. The smallest absolute Gasteiger partial charge is 0.136 e. The van der Waals surface area contributed by atoms with Crippen LogP contribution in [0.5, 0.6) is 0 Å². The molecule has 0 spiro atoms. The van der Waals surface area contributed by atoms with E-state index < -0.39 is 0 Å². The molecule has 0 amide bonds. The molecule has 1 heterocycles. The van der Waals surface area contributed by atoms with Gasteiger partial charge in [-0.15, -0.1) is 0 Å². The summed E-state index contributed by atoms with van der Waals surface area (Å²) in [6.45, 7) is 0. The van der Waals surface area contributed by atoms with Crippen molar-refractivity contribution < 1.29 is 4.42 Å². The van der Waals surface area contributed by atoms with Crippen LogP contribution in [-0.2, 0) is 0 Å². The molecule has 0 aliphatic rings. The molecule has 0 unspecified atom stereocenters. The Hall–Kier alpha value is -2.02. The average molecular weight is 192 g/mol. The lowest BCUT2D eigenvalue weighted by Crippen LogP contribution is -1.74. The zero-order chi connectivity index (χ0) is 9.83. The van der Waals surface area contributed by atoms with Gasteiger partial charge < -0.3 is 4.42 Å². The molecule has 1 heteroatoms. The maximum absolute atomic E-state index is 5.78. The van der Waals surface area contributed by atoms with Gasteiger partial charge in [0, 0.05) is 10.8 Å². The highest BCUT2D eigenvalue weighted by atomic mass is 16.3. The van der Waals surface area contributed by atoms with Crippen LogP contribution in [0.15, 0.2) is 52.9 Å². The maximum Gasteiger partial charge on any atom is 0.136 e. The molecule has 0 aliphatic heterocycles. The van der Waals surface area contributed by atoms with Gasteiger partial charge in [-0.1, -0.05) is 36.4 Å². The number of hydrogen-bond acceptors (Lipinski definition) is 1. The van der Waals surface area contributed by atoms with Gasteiger partial charge in [-0.05, 0) is 22.9 Å². The first kappa shape index (κ1) is 7.30. The summed E-state index contributed by atoms with van der Waals surface area (Å²) in [4.78, 5) is 0. The Morgan fingerprint density at radius 1 is 0.733 bits per heavy atom. The summed E-state index contributed by atoms with van der Waals surface area (Å²) < 4.78 is 5.78. The number of benzene rings is 3. The van der Waals surface area contributed by atoms with E-state index in [1.54, 1.807) is 0 Å². The standard InChI is InChI=1S/C14H8O/c1-2-5-10-9(4-1)8-13-11-6-3-7-12(15-13)14(10)11/h1-8H. The highest BCUT2D eigenvalue weighted by molar-refractivity contribution is 6.21. The molecule has 4 rings (SSSR count). The summed E-state index contributed by atoms with van der Waals surface area (Å²) in [6.07, 6.45) is 0. The van der Waals surface area contributed by atoms with Gasteiger partial charge in [-0.2, -0.15) is 0 Å². The number of rotatable bonds is 0. The SMILES string of the molecule is c1ccc2c(c1)cc1oc3cccc1c32. The molecule has 4 bridgehead atoms. The predicted molar refractivity (Wildman–Crippen MR) is 62.4 cm³/mol. The van der Waals surface area contributed by atoms with Gasteiger partial charge in [-0.25, -0.2) is 0 Å². The third-order valence-electron chi connectivity index (χ3n) is 3.03. The van der Waals surface area contributed by atoms with Crippen molar-refractivity contribution in [3.8, 4) is 0 Å². The topological polar surface area (TPSA) is 13.1 Å². The van der Waals surface area contributed by atoms with E-state index in [1.165, 1.54) is 21.5 Å². The minimum absolute atomic E-state index is 0.990. The van der Waals surface area contributed by atoms with Crippen molar-refractivity contribution in [3.05, 3.63) is 48.5 Å². The second kappa shape index (κ2) is 2.31. The Morgan fingerprint density at radius 3 is 2.60 bits per heavy atom. The van der Waals surface area contributed by atoms with Gasteiger partial charge in [0.2, 0.25) is 0 Å². The number of furan rings is 1. The predicted octanol–water partition coefficient (Wildman–Crippen LogP) is 4.18. The van der Waals surface area contributed by atoms with Crippen molar-refractivity contribution in [2.45, 2.75) is 0 Å². The molecular formula is C14H8O. The lowest BCUT2D eigenvalue weighted by molar-refractivity contribution is 0.671. The third kappa shape index (κ3) is 0.785. The minimum Gasteiger partial charge on any atom is -0.456 e. The van der Waals surface area contributed by atoms with E-state index in [2.05, 4.69) is 36.4 Å². The maximum atomic E-state index is 5.78. The van der Waals surface area contributed by atoms with Gasteiger partial charge >= 0.3 is 0 Å². The molecule has 70 valence electrons. The summed E-state index contributed by atoms with van der Waals surface area (Å²) in [6, 6.07) is 16.7. The highest BCUT2D eigenvalue weighted by Crippen LogP contribution is 2.36. The molecule has 4 aromatic rings. The van der Waals surface area contributed by atoms with Gasteiger partial charge in [0.05, 0.1) is 0 Å². The van der Waals surface area contributed by atoms with Crippen molar-refractivity contribution in [1.29, 1.82) is 0 Å². The third-order valence-corrected chi connectivity index (χ3v) is 3.03. The first-order chi connectivity index (χ1) is 7.43. The lowest BCUT2D eigenvalue weighted by Gasteiger charge is -1.98. The second-order valence-corrected chi connectivity index (χ2v) is 3.88. The normalized spacial score (nSPS) is 12.0. The first-order valence-electron chi connectivity index (χ1n) is 5.06. The van der Waals surface area contributed by atoms with Crippen molar-refractivity contribution in [1.82, 2.24) is 0 Å². The zero-order valence-corrected chi connectivity index (χ0v) is 8.03. The highest BCUT2D eigenvalue weighted by Gasteiger charge is 2.11. The Balaban J connectivity index is 2.50. The molecule has 0 atom stereocenters. The van der Waals surface area contributed by atoms with Crippen LogP contribution >= 0.6 is 0 Å². The fourth-order valence-corrected chi connectivity index (χ4v) is 2.37. The summed E-state index contributed by atoms with van der Waals surface area (Å²) in [5.41, 5.74) is 1.98. The van der Waals surface area contributed by atoms with Crippen molar-refractivity contribution >= 4 is 32.7 Å². The van der Waals surface area contributed by atoms with Crippen LogP contribution in [0.2, 0.25) is 0 Å². The zero-order valence-electron chi connectivity index (χ0n) is 8.03. The molecular weight excluding hydrogens is 184 g/mol. The van der Waals surface area contributed by atoms with Crippen LogP contribution in [0, 0.1) is 0 Å². The van der Waals surface area contributed by atoms with Crippen molar-refractivity contribution in [2.24, 2.45) is 0 Å². The lowest BCUT2D eigenvalue weighted by atomic mass is 10.0. The van der Waals surface area contributed by atoms with E-state index in [-0.39, 0.29) is 0 Å². The van der Waals surface area contributed by atoms with E-state index in [4.69, 9.17) is 4.42 Å². The van der Waals surface area contributed by atoms with E-state index >= 15 is 0 Å². The van der Waals surface area contributed by atoms with Gasteiger partial charge in [0.15, 0.2) is 0 Å². The van der Waals surface area contributed by atoms with E-state index in [0.29, 0.717) is 0 Å². The van der Waals surface area contributed by atoms with Crippen LogP contribution in [-0.4, -0.2) is 0 Å². The van der Waals surface area contributed by atoms with Crippen LogP contribution in [0.1, 0.15) is 0 Å². The van der Waals surface area contributed by atoms with Gasteiger partial charge in [0.25, 0.3) is 0 Å². The van der Waals surface area contributed by atoms with E-state index in [0.717, 1.165) is 11.2 Å². The molecule has 1 aromatic heterocycles. The average Bonchev–Trinajstić information content (AvgIpc) is 2.46. The second-order valence-electron chi connectivity index (χ2n) is 3.88. The molecule has 0 aliphatic carbocycles. The molecule has 0 saturated heterocycles. The molecule has 15 heavy (non-hydrogen) atoms. The van der Waals surface area contributed by atoms with E-state index in [9.17, 15) is 0 Å². The Morgan fingerprint density at radius 2 is 1.60 bits per heavy atom. The van der Waals surface area contributed by atoms with Crippen LogP contribution in [0.4, 0.5) is 0 Å². The van der Waals surface area contributed by atoms with E-state index in [1.807, 2.05) is 12.1 Å². The first-order valence-corrected chi connectivity index (χ1v) is 5.06. The monoisotopic (exact) mass is 192 g/mol. The summed E-state index contributed by atoms with van der Waals surface area (Å²) in [5, 5.41) is 5.02. The van der Waals surface area contributed by atoms with Crippen molar-refractivity contribution in [3.63, 3.8) is 0 Å². The molecule has 0 saturated carbocycles. The Bertz CT molecular complexity index is 762. The van der Waals surface area contributed by atoms with Crippen LogP contribution in [0.3, 0.4) is 0 Å². The molecule has 0 N–H and O–H groups in total. The summed E-state index contributed by atoms with van der Waals surface area (Å²) >= 11 is 0. The largest absolute Gasteiger partial charge is 0.456 e. The Kier molecular flexibility index (Phi) is 1.13. The molecule has 3 aromatic carbocycles. The fraction of sp³-hybridized carbons (Fsp3) is 0. The Labute approximate surface area is 86.2 Å². The van der Waals surface area contributed by atoms with Crippen LogP contribution in [0.25, 0.3) is 32.7 Å². The van der Waals surface area contributed by atoms with Crippen molar-refractivity contribution in [2.75, 3.05) is 0 Å². The molecule has 0 fully saturated rings. The minimum atomic E-state index is 0.990. The van der Waals surface area contributed by atoms with Gasteiger partial charge in [0.1, 0.15) is 11.2 Å². The molecule has 0 radical (unpaired) electrons. The number of fused-ring (bicyclic) bond motifs is 1. The fourth-order valence-electron chi connectivity index (χ4n) is 2.37. The van der Waals surface area contributed by atoms with Gasteiger partial charge in [-0.3, -0.25) is 0 Å². The summed E-state index contributed by atoms with van der Waals surface area (Å²) in [5.74, 6) is 0. The quantitative estimate of drug-likeness (QED) is 0.381.